The second kappa shape index (κ2) is 8.54. The topological polar surface area (TPSA) is 91.7 Å². The maximum atomic E-state index is 13.1. The van der Waals surface area contributed by atoms with E-state index in [9.17, 15) is 9.59 Å². The Hall–Kier alpha value is -3.70. The van der Waals surface area contributed by atoms with E-state index in [0.29, 0.717) is 22.7 Å². The van der Waals surface area contributed by atoms with E-state index in [4.69, 9.17) is 27.0 Å². The molecule has 2 aromatic rings. The van der Waals surface area contributed by atoms with Crippen molar-refractivity contribution in [3.63, 3.8) is 0 Å². The summed E-state index contributed by atoms with van der Waals surface area (Å²) in [5.41, 5.74) is 1.95. The predicted molar refractivity (Wildman–Crippen MR) is 111 cm³/mol. The van der Waals surface area contributed by atoms with Crippen LogP contribution in [0.1, 0.15) is 11.1 Å². The third-order valence-electron chi connectivity index (χ3n) is 4.25. The number of thiocarbonyl (C=S) groups is 1. The van der Waals surface area contributed by atoms with Crippen molar-refractivity contribution in [1.29, 1.82) is 5.26 Å². The molecule has 0 radical (unpaired) electrons. The summed E-state index contributed by atoms with van der Waals surface area (Å²) in [6.07, 6.45) is 1.46. The lowest BCUT2D eigenvalue weighted by molar-refractivity contribution is -0.122. The smallest absolute Gasteiger partial charge is 0.270 e. The van der Waals surface area contributed by atoms with Crippen molar-refractivity contribution < 1.29 is 19.1 Å². The molecule has 0 saturated carbocycles. The average molecular weight is 407 g/mol. The molecule has 1 N–H and O–H groups in total. The molecular formula is C21H17N3O4S. The molecule has 3 rings (SSSR count). The summed E-state index contributed by atoms with van der Waals surface area (Å²) < 4.78 is 10.6. The molecule has 1 aliphatic heterocycles. The van der Waals surface area contributed by atoms with Crippen molar-refractivity contribution in [2.75, 3.05) is 18.6 Å². The van der Waals surface area contributed by atoms with Gasteiger partial charge in [0.05, 0.1) is 12.8 Å². The summed E-state index contributed by atoms with van der Waals surface area (Å²) in [7, 11) is 1.46. The van der Waals surface area contributed by atoms with Crippen molar-refractivity contribution in [1.82, 2.24) is 5.32 Å². The Morgan fingerprint density at radius 2 is 1.97 bits per heavy atom. The van der Waals surface area contributed by atoms with E-state index in [1.54, 1.807) is 30.3 Å². The van der Waals surface area contributed by atoms with Crippen LogP contribution in [0.15, 0.2) is 48.0 Å². The molecule has 8 heteroatoms. The Kier molecular flexibility index (Phi) is 5.90. The molecule has 0 atom stereocenters. The standard InChI is InChI=1S/C21H17N3O4S/c1-13-5-3-4-6-16(13)24-20(26)15(19(25)23-21(24)29)11-14-7-8-17(28-10-9-22)18(12-14)27-2/h3-8,11-12H,10H2,1-2H3,(H,23,25,29)/b15-11+. The van der Waals surface area contributed by atoms with Crippen LogP contribution in [-0.4, -0.2) is 30.6 Å². The molecule has 1 saturated heterocycles. The van der Waals surface area contributed by atoms with E-state index < -0.39 is 11.8 Å². The minimum Gasteiger partial charge on any atom is -0.493 e. The predicted octanol–water partition coefficient (Wildman–Crippen LogP) is 2.74. The zero-order chi connectivity index (χ0) is 21.0. The van der Waals surface area contributed by atoms with Crippen molar-refractivity contribution >= 4 is 40.9 Å². The van der Waals surface area contributed by atoms with Gasteiger partial charge in [0.1, 0.15) is 11.6 Å². The second-order valence-electron chi connectivity index (χ2n) is 6.10. The number of carbonyl (C=O) groups is 2. The number of nitriles is 1. The molecule has 1 fully saturated rings. The number of hydrogen-bond acceptors (Lipinski definition) is 6. The number of rotatable bonds is 5. The van der Waals surface area contributed by atoms with E-state index in [1.807, 2.05) is 25.1 Å². The lowest BCUT2D eigenvalue weighted by Gasteiger charge is -2.30. The van der Waals surface area contributed by atoms with Gasteiger partial charge < -0.3 is 9.47 Å². The highest BCUT2D eigenvalue weighted by atomic mass is 32.1. The Balaban J connectivity index is 1.99. The fourth-order valence-corrected chi connectivity index (χ4v) is 3.13. The first-order chi connectivity index (χ1) is 14.0. The zero-order valence-corrected chi connectivity index (χ0v) is 16.6. The summed E-state index contributed by atoms with van der Waals surface area (Å²) in [5, 5.41) is 11.3. The van der Waals surface area contributed by atoms with Gasteiger partial charge in [-0.2, -0.15) is 5.26 Å². The lowest BCUT2D eigenvalue weighted by atomic mass is 10.1. The first-order valence-corrected chi connectivity index (χ1v) is 9.02. The first-order valence-electron chi connectivity index (χ1n) is 8.61. The maximum Gasteiger partial charge on any atom is 0.270 e. The molecule has 0 bridgehead atoms. The number of aryl methyl sites for hydroxylation is 1. The van der Waals surface area contributed by atoms with Crippen molar-refractivity contribution in [2.45, 2.75) is 6.92 Å². The van der Waals surface area contributed by atoms with Crippen LogP contribution in [0.25, 0.3) is 6.08 Å². The van der Waals surface area contributed by atoms with Gasteiger partial charge in [-0.25, -0.2) is 0 Å². The van der Waals surface area contributed by atoms with Gasteiger partial charge in [0.15, 0.2) is 23.2 Å². The van der Waals surface area contributed by atoms with Crippen LogP contribution in [-0.2, 0) is 9.59 Å². The molecule has 2 aromatic carbocycles. The molecule has 7 nitrogen and oxygen atoms in total. The molecule has 0 unspecified atom stereocenters. The number of hydrogen-bond donors (Lipinski definition) is 1. The molecule has 29 heavy (non-hydrogen) atoms. The number of amides is 2. The zero-order valence-electron chi connectivity index (χ0n) is 15.8. The van der Waals surface area contributed by atoms with Crippen molar-refractivity contribution in [2.24, 2.45) is 0 Å². The van der Waals surface area contributed by atoms with Crippen LogP contribution in [0.2, 0.25) is 0 Å². The van der Waals surface area contributed by atoms with Gasteiger partial charge in [-0.1, -0.05) is 24.3 Å². The van der Waals surface area contributed by atoms with Crippen LogP contribution in [0.4, 0.5) is 5.69 Å². The van der Waals surface area contributed by atoms with Gasteiger partial charge >= 0.3 is 0 Å². The highest BCUT2D eigenvalue weighted by Gasteiger charge is 2.35. The van der Waals surface area contributed by atoms with E-state index in [2.05, 4.69) is 5.32 Å². The summed E-state index contributed by atoms with van der Waals surface area (Å²) in [5.74, 6) is -0.326. The molecule has 0 aromatic heterocycles. The third kappa shape index (κ3) is 4.10. The Bertz CT molecular complexity index is 1070. The van der Waals surface area contributed by atoms with Crippen molar-refractivity contribution in [3.8, 4) is 17.6 Å². The number of para-hydroxylation sites is 1. The summed E-state index contributed by atoms with van der Waals surface area (Å²) in [6.45, 7) is 1.73. The van der Waals surface area contributed by atoms with E-state index >= 15 is 0 Å². The highest BCUT2D eigenvalue weighted by Crippen LogP contribution is 2.30. The largest absolute Gasteiger partial charge is 0.493 e. The van der Waals surface area contributed by atoms with Crippen LogP contribution < -0.4 is 19.7 Å². The molecule has 1 heterocycles. The average Bonchev–Trinajstić information content (AvgIpc) is 2.71. The van der Waals surface area contributed by atoms with Gasteiger partial charge in [-0.15, -0.1) is 0 Å². The van der Waals surface area contributed by atoms with Gasteiger partial charge in [-0.05, 0) is 54.5 Å². The Morgan fingerprint density at radius 1 is 1.21 bits per heavy atom. The first kappa shape index (κ1) is 20.0. The lowest BCUT2D eigenvalue weighted by Crippen LogP contribution is -2.54. The Morgan fingerprint density at radius 3 is 2.66 bits per heavy atom. The third-order valence-corrected chi connectivity index (χ3v) is 4.53. The van der Waals surface area contributed by atoms with Crippen LogP contribution in [0.5, 0.6) is 11.5 Å². The Labute approximate surface area is 173 Å². The quantitative estimate of drug-likeness (QED) is 0.466. The summed E-state index contributed by atoms with van der Waals surface area (Å²) in [6, 6.07) is 14.0. The maximum absolute atomic E-state index is 13.1. The fraction of sp³-hybridized carbons (Fsp3) is 0.143. The SMILES string of the molecule is COc1cc(/C=C2\C(=O)NC(=S)N(c3ccccc3C)C2=O)ccc1OCC#N. The number of carbonyl (C=O) groups excluding carboxylic acids is 2. The number of anilines is 1. The fourth-order valence-electron chi connectivity index (χ4n) is 2.86. The second-order valence-corrected chi connectivity index (χ2v) is 6.49. The minimum atomic E-state index is -0.575. The van der Waals surface area contributed by atoms with E-state index in [1.165, 1.54) is 18.1 Å². The molecular weight excluding hydrogens is 390 g/mol. The number of ether oxygens (including phenoxy) is 2. The van der Waals surface area contributed by atoms with Crippen molar-refractivity contribution in [3.05, 3.63) is 59.2 Å². The number of nitrogens with zero attached hydrogens (tertiary/aromatic N) is 2. The van der Waals surface area contributed by atoms with Crippen LogP contribution in [0, 0.1) is 18.3 Å². The summed E-state index contributed by atoms with van der Waals surface area (Å²) >= 11 is 5.22. The van der Waals surface area contributed by atoms with Gasteiger partial charge in [-0.3, -0.25) is 19.8 Å². The molecule has 0 spiro atoms. The van der Waals surface area contributed by atoms with Gasteiger partial charge in [0.25, 0.3) is 11.8 Å². The minimum absolute atomic E-state index is 0.0317. The summed E-state index contributed by atoms with van der Waals surface area (Å²) in [4.78, 5) is 26.8. The monoisotopic (exact) mass is 407 g/mol. The van der Waals surface area contributed by atoms with Gasteiger partial charge in [0, 0.05) is 0 Å². The molecule has 1 aliphatic rings. The molecule has 0 aliphatic carbocycles. The normalized spacial score (nSPS) is 15.1. The van der Waals surface area contributed by atoms with Crippen LogP contribution in [0.3, 0.4) is 0 Å². The molecule has 146 valence electrons. The number of benzene rings is 2. The highest BCUT2D eigenvalue weighted by molar-refractivity contribution is 7.80. The molecule has 2 amide bonds. The van der Waals surface area contributed by atoms with E-state index in [-0.39, 0.29) is 17.3 Å². The van der Waals surface area contributed by atoms with Crippen LogP contribution >= 0.6 is 12.2 Å². The van der Waals surface area contributed by atoms with E-state index in [0.717, 1.165) is 5.56 Å². The number of nitrogens with one attached hydrogen (secondary N) is 1. The van der Waals surface area contributed by atoms with Gasteiger partial charge in [0.2, 0.25) is 0 Å². The number of methoxy groups -OCH3 is 1.